The van der Waals surface area contributed by atoms with Gasteiger partial charge in [-0.25, -0.2) is 0 Å². The van der Waals surface area contributed by atoms with Gasteiger partial charge in [-0.05, 0) is 30.2 Å². The lowest BCUT2D eigenvalue weighted by Crippen LogP contribution is -2.22. The highest BCUT2D eigenvalue weighted by molar-refractivity contribution is 7.16. The van der Waals surface area contributed by atoms with Gasteiger partial charge in [0.25, 0.3) is 0 Å². The molecular weight excluding hydrogens is 282 g/mol. The molecule has 1 aromatic carbocycles. The fourth-order valence-electron chi connectivity index (χ4n) is 1.84. The SMILES string of the molecule is COCCCNC(=O)/C=C/c1ccc(-c2ccccc2)s1. The standard InChI is InChI=1S/C17H19NO2S/c1-20-13-5-12-18-17(19)11-9-15-8-10-16(21-15)14-6-3-2-4-7-14/h2-4,6-11H,5,12-13H2,1H3,(H,18,19)/b11-9+. The molecule has 0 aliphatic heterocycles. The van der Waals surface area contributed by atoms with Gasteiger partial charge in [0.15, 0.2) is 0 Å². The number of carbonyl (C=O) groups excluding carboxylic acids is 1. The predicted octanol–water partition coefficient (Wildman–Crippen LogP) is 3.58. The lowest BCUT2D eigenvalue weighted by molar-refractivity contribution is -0.116. The monoisotopic (exact) mass is 301 g/mol. The zero-order chi connectivity index (χ0) is 14.9. The quantitative estimate of drug-likeness (QED) is 0.627. The Hall–Kier alpha value is -1.91. The Morgan fingerprint density at radius 2 is 2.05 bits per heavy atom. The Kier molecular flexibility index (Phi) is 6.19. The number of hydrogen-bond acceptors (Lipinski definition) is 3. The van der Waals surface area contributed by atoms with Gasteiger partial charge in [-0.2, -0.15) is 0 Å². The van der Waals surface area contributed by atoms with E-state index in [0.29, 0.717) is 13.2 Å². The van der Waals surface area contributed by atoms with Crippen LogP contribution in [0.4, 0.5) is 0 Å². The summed E-state index contributed by atoms with van der Waals surface area (Å²) in [7, 11) is 1.66. The molecular formula is C17H19NO2S. The smallest absolute Gasteiger partial charge is 0.244 e. The van der Waals surface area contributed by atoms with E-state index in [4.69, 9.17) is 4.74 Å². The Morgan fingerprint density at radius 1 is 1.24 bits per heavy atom. The first-order valence-electron chi connectivity index (χ1n) is 6.89. The summed E-state index contributed by atoms with van der Waals surface area (Å²) in [6.45, 7) is 1.30. The molecule has 1 aromatic heterocycles. The number of nitrogens with one attached hydrogen (secondary N) is 1. The highest BCUT2D eigenvalue weighted by Gasteiger charge is 2.01. The first-order valence-corrected chi connectivity index (χ1v) is 7.71. The van der Waals surface area contributed by atoms with Crippen molar-refractivity contribution in [2.24, 2.45) is 0 Å². The highest BCUT2D eigenvalue weighted by atomic mass is 32.1. The Bertz CT molecular complexity index is 590. The Morgan fingerprint density at radius 3 is 2.81 bits per heavy atom. The number of rotatable bonds is 7. The van der Waals surface area contributed by atoms with Crippen molar-refractivity contribution >= 4 is 23.3 Å². The van der Waals surface area contributed by atoms with E-state index in [9.17, 15) is 4.79 Å². The normalized spacial score (nSPS) is 10.9. The molecule has 4 heteroatoms. The van der Waals surface area contributed by atoms with Gasteiger partial charge in [-0.15, -0.1) is 11.3 Å². The minimum atomic E-state index is -0.0687. The fraction of sp³-hybridized carbons (Fsp3) is 0.235. The van der Waals surface area contributed by atoms with Gasteiger partial charge in [0.05, 0.1) is 0 Å². The molecule has 2 aromatic rings. The molecule has 0 fully saturated rings. The average Bonchev–Trinajstić information content (AvgIpc) is 2.99. The van der Waals surface area contributed by atoms with Crippen LogP contribution in [0.2, 0.25) is 0 Å². The van der Waals surface area contributed by atoms with Gasteiger partial charge >= 0.3 is 0 Å². The first-order chi connectivity index (χ1) is 10.3. The molecule has 2 rings (SSSR count). The fourth-order valence-corrected chi connectivity index (χ4v) is 2.76. The van der Waals surface area contributed by atoms with Crippen molar-refractivity contribution in [1.82, 2.24) is 5.32 Å². The zero-order valence-corrected chi connectivity index (χ0v) is 12.9. The van der Waals surface area contributed by atoms with Gasteiger partial charge in [0.2, 0.25) is 5.91 Å². The van der Waals surface area contributed by atoms with E-state index in [-0.39, 0.29) is 5.91 Å². The second-order valence-corrected chi connectivity index (χ2v) is 5.65. The number of benzene rings is 1. The van der Waals surface area contributed by atoms with Crippen molar-refractivity contribution in [3.05, 3.63) is 53.4 Å². The van der Waals surface area contributed by atoms with Crippen molar-refractivity contribution in [3.8, 4) is 10.4 Å². The topological polar surface area (TPSA) is 38.3 Å². The number of hydrogen-bond donors (Lipinski definition) is 1. The first kappa shape index (κ1) is 15.5. The minimum Gasteiger partial charge on any atom is -0.385 e. The molecule has 0 bridgehead atoms. The number of ether oxygens (including phenoxy) is 1. The molecule has 21 heavy (non-hydrogen) atoms. The average molecular weight is 301 g/mol. The highest BCUT2D eigenvalue weighted by Crippen LogP contribution is 2.28. The lowest BCUT2D eigenvalue weighted by Gasteiger charge is -2.00. The van der Waals surface area contributed by atoms with Gasteiger partial charge in [-0.1, -0.05) is 30.3 Å². The third-order valence-electron chi connectivity index (χ3n) is 2.91. The number of carbonyl (C=O) groups is 1. The second kappa shape index (κ2) is 8.39. The van der Waals surface area contributed by atoms with Crippen LogP contribution in [-0.2, 0) is 9.53 Å². The van der Waals surface area contributed by atoms with E-state index < -0.39 is 0 Å². The maximum Gasteiger partial charge on any atom is 0.244 e. The van der Waals surface area contributed by atoms with Crippen LogP contribution in [0, 0.1) is 0 Å². The summed E-state index contributed by atoms with van der Waals surface area (Å²) in [5.74, 6) is -0.0687. The van der Waals surface area contributed by atoms with Gasteiger partial charge in [-0.3, -0.25) is 4.79 Å². The van der Waals surface area contributed by atoms with Crippen LogP contribution < -0.4 is 5.32 Å². The predicted molar refractivity (Wildman–Crippen MR) is 88.3 cm³/mol. The zero-order valence-electron chi connectivity index (χ0n) is 12.0. The van der Waals surface area contributed by atoms with Crippen molar-refractivity contribution < 1.29 is 9.53 Å². The van der Waals surface area contributed by atoms with Crippen LogP contribution in [0.15, 0.2) is 48.5 Å². The summed E-state index contributed by atoms with van der Waals surface area (Å²) < 4.78 is 4.93. The summed E-state index contributed by atoms with van der Waals surface area (Å²) in [5, 5.41) is 2.83. The molecule has 0 aliphatic carbocycles. The molecule has 1 amide bonds. The van der Waals surface area contributed by atoms with E-state index >= 15 is 0 Å². The lowest BCUT2D eigenvalue weighted by atomic mass is 10.2. The number of thiophene rings is 1. The van der Waals surface area contributed by atoms with Crippen molar-refractivity contribution in [2.75, 3.05) is 20.3 Å². The Labute approximate surface area is 129 Å². The molecule has 0 radical (unpaired) electrons. The summed E-state index contributed by atoms with van der Waals surface area (Å²) >= 11 is 1.67. The molecule has 0 saturated heterocycles. The molecule has 1 heterocycles. The van der Waals surface area contributed by atoms with Crippen LogP contribution in [0.5, 0.6) is 0 Å². The third-order valence-corrected chi connectivity index (χ3v) is 4.01. The minimum absolute atomic E-state index is 0.0687. The van der Waals surface area contributed by atoms with E-state index in [2.05, 4.69) is 23.5 Å². The van der Waals surface area contributed by atoms with E-state index in [1.165, 1.54) is 10.4 Å². The van der Waals surface area contributed by atoms with Crippen LogP contribution in [0.1, 0.15) is 11.3 Å². The van der Waals surface area contributed by atoms with Crippen LogP contribution in [0.25, 0.3) is 16.5 Å². The van der Waals surface area contributed by atoms with Crippen LogP contribution in [0.3, 0.4) is 0 Å². The summed E-state index contributed by atoms with van der Waals surface area (Å²) in [5.41, 5.74) is 1.20. The van der Waals surface area contributed by atoms with Gasteiger partial charge in [0.1, 0.15) is 0 Å². The molecule has 3 nitrogen and oxygen atoms in total. The number of methoxy groups -OCH3 is 1. The molecule has 0 aliphatic rings. The van der Waals surface area contributed by atoms with E-state index in [1.54, 1.807) is 24.5 Å². The largest absolute Gasteiger partial charge is 0.385 e. The van der Waals surface area contributed by atoms with Gasteiger partial charge in [0, 0.05) is 36.1 Å². The van der Waals surface area contributed by atoms with Crippen LogP contribution in [-0.4, -0.2) is 26.2 Å². The van der Waals surface area contributed by atoms with Crippen molar-refractivity contribution in [2.45, 2.75) is 6.42 Å². The van der Waals surface area contributed by atoms with Crippen molar-refractivity contribution in [3.63, 3.8) is 0 Å². The third kappa shape index (κ3) is 5.17. The summed E-state index contributed by atoms with van der Waals surface area (Å²) in [4.78, 5) is 13.9. The maximum absolute atomic E-state index is 11.6. The molecule has 110 valence electrons. The molecule has 0 atom stereocenters. The number of amides is 1. The second-order valence-electron chi connectivity index (χ2n) is 4.54. The molecule has 0 saturated carbocycles. The molecule has 1 N–H and O–H groups in total. The van der Waals surface area contributed by atoms with Crippen molar-refractivity contribution in [1.29, 1.82) is 0 Å². The van der Waals surface area contributed by atoms with Gasteiger partial charge < -0.3 is 10.1 Å². The van der Waals surface area contributed by atoms with E-state index in [1.807, 2.05) is 30.3 Å². The molecule has 0 unspecified atom stereocenters. The summed E-state index contributed by atoms with van der Waals surface area (Å²) in [6.07, 6.45) is 4.25. The maximum atomic E-state index is 11.6. The molecule has 0 spiro atoms. The van der Waals surface area contributed by atoms with E-state index in [0.717, 1.165) is 11.3 Å². The Balaban J connectivity index is 1.87. The summed E-state index contributed by atoms with van der Waals surface area (Å²) in [6, 6.07) is 14.3. The van der Waals surface area contributed by atoms with Crippen LogP contribution >= 0.6 is 11.3 Å².